The molecule has 0 aliphatic carbocycles. The van der Waals surface area contributed by atoms with E-state index in [0.717, 1.165) is 39.4 Å². The van der Waals surface area contributed by atoms with Gasteiger partial charge in [0.1, 0.15) is 5.60 Å². The Labute approximate surface area is 103 Å². The Balaban J connectivity index is 1.72. The quantitative estimate of drug-likeness (QED) is 0.686. The van der Waals surface area contributed by atoms with E-state index in [9.17, 15) is 4.79 Å². The molecule has 0 saturated carbocycles. The van der Waals surface area contributed by atoms with Gasteiger partial charge in [-0.25, -0.2) is 4.79 Å². The van der Waals surface area contributed by atoms with Crippen LogP contribution in [-0.2, 0) is 9.47 Å². The topological polar surface area (TPSA) is 42.0 Å². The minimum atomic E-state index is -0.402. The molecule has 0 atom stereocenters. The van der Waals surface area contributed by atoms with Gasteiger partial charge in [-0.2, -0.15) is 0 Å². The van der Waals surface area contributed by atoms with Gasteiger partial charge in [-0.1, -0.05) is 0 Å². The smallest absolute Gasteiger partial charge is 0.410 e. The maximum atomic E-state index is 11.7. The summed E-state index contributed by atoms with van der Waals surface area (Å²) in [6.45, 7) is 10.8. The summed E-state index contributed by atoms with van der Waals surface area (Å²) in [5.74, 6) is 0. The molecule has 17 heavy (non-hydrogen) atoms. The Bertz CT molecular complexity index is 276. The first-order chi connectivity index (χ1) is 7.96. The maximum Gasteiger partial charge on any atom is 0.410 e. The molecule has 0 N–H and O–H groups in total. The van der Waals surface area contributed by atoms with E-state index in [1.807, 2.05) is 20.8 Å². The van der Waals surface area contributed by atoms with Crippen molar-refractivity contribution in [2.75, 3.05) is 39.4 Å². The third-order valence-corrected chi connectivity index (χ3v) is 3.08. The summed E-state index contributed by atoms with van der Waals surface area (Å²) in [5, 5.41) is 0. The van der Waals surface area contributed by atoms with Crippen LogP contribution in [0.2, 0.25) is 0 Å². The molecule has 0 aromatic heterocycles. The highest BCUT2D eigenvalue weighted by Gasteiger charge is 2.37. The number of rotatable bonds is 1. The Hall–Kier alpha value is -0.810. The average Bonchev–Trinajstić information content (AvgIpc) is 2.14. The molecule has 1 amide bonds. The zero-order chi connectivity index (χ0) is 12.5. The first kappa shape index (κ1) is 12.6. The number of likely N-dealkylation sites (tertiary alicyclic amines) is 1. The minimum Gasteiger partial charge on any atom is -0.444 e. The largest absolute Gasteiger partial charge is 0.444 e. The Morgan fingerprint density at radius 2 is 1.82 bits per heavy atom. The predicted octanol–water partition coefficient (Wildman–Crippen LogP) is 0.938. The average molecular weight is 242 g/mol. The lowest BCUT2D eigenvalue weighted by Gasteiger charge is -2.46. The number of carbonyl (C=O) groups excluding carboxylic acids is 1. The molecule has 2 fully saturated rings. The maximum absolute atomic E-state index is 11.7. The third-order valence-electron chi connectivity index (χ3n) is 3.08. The van der Waals surface area contributed by atoms with E-state index in [1.54, 1.807) is 4.90 Å². The zero-order valence-corrected chi connectivity index (χ0v) is 10.9. The van der Waals surface area contributed by atoms with E-state index >= 15 is 0 Å². The first-order valence-corrected chi connectivity index (χ1v) is 6.25. The Kier molecular flexibility index (Phi) is 3.58. The van der Waals surface area contributed by atoms with Gasteiger partial charge < -0.3 is 14.4 Å². The number of amides is 1. The molecule has 2 heterocycles. The van der Waals surface area contributed by atoms with Crippen LogP contribution in [0, 0.1) is 0 Å². The summed E-state index contributed by atoms with van der Waals surface area (Å²) in [6.07, 6.45) is -0.193. The van der Waals surface area contributed by atoms with E-state index in [-0.39, 0.29) is 6.09 Å². The number of morpholine rings is 1. The fourth-order valence-electron chi connectivity index (χ4n) is 2.10. The van der Waals surface area contributed by atoms with Crippen molar-refractivity contribution in [3.8, 4) is 0 Å². The van der Waals surface area contributed by atoms with Crippen molar-refractivity contribution < 1.29 is 14.3 Å². The van der Waals surface area contributed by atoms with Crippen molar-refractivity contribution in [3.05, 3.63) is 0 Å². The third kappa shape index (κ3) is 3.33. The molecule has 0 unspecified atom stereocenters. The van der Waals surface area contributed by atoms with Gasteiger partial charge in [-0.3, -0.25) is 4.90 Å². The summed E-state index contributed by atoms with van der Waals surface area (Å²) in [6, 6.07) is 0.492. The molecule has 0 aromatic carbocycles. The van der Waals surface area contributed by atoms with Gasteiger partial charge in [0.05, 0.1) is 13.2 Å². The molecule has 5 heteroatoms. The summed E-state index contributed by atoms with van der Waals surface area (Å²) in [4.78, 5) is 15.9. The monoisotopic (exact) mass is 242 g/mol. The highest BCUT2D eigenvalue weighted by molar-refractivity contribution is 5.69. The van der Waals surface area contributed by atoms with Crippen LogP contribution >= 0.6 is 0 Å². The lowest BCUT2D eigenvalue weighted by Crippen LogP contribution is -2.63. The number of ether oxygens (including phenoxy) is 2. The van der Waals surface area contributed by atoms with Crippen LogP contribution in [0.25, 0.3) is 0 Å². The van der Waals surface area contributed by atoms with Crippen LogP contribution in [0.15, 0.2) is 0 Å². The molecule has 0 spiro atoms. The van der Waals surface area contributed by atoms with Crippen LogP contribution in [0.5, 0.6) is 0 Å². The van der Waals surface area contributed by atoms with Crippen molar-refractivity contribution in [3.63, 3.8) is 0 Å². The molecule has 0 bridgehead atoms. The van der Waals surface area contributed by atoms with Crippen molar-refractivity contribution in [1.29, 1.82) is 0 Å². The van der Waals surface area contributed by atoms with Crippen molar-refractivity contribution in [1.82, 2.24) is 9.80 Å². The van der Waals surface area contributed by atoms with E-state index in [1.165, 1.54) is 0 Å². The molecule has 2 saturated heterocycles. The van der Waals surface area contributed by atoms with Gasteiger partial charge in [0.25, 0.3) is 0 Å². The van der Waals surface area contributed by atoms with Crippen LogP contribution in [-0.4, -0.2) is 66.9 Å². The predicted molar refractivity (Wildman–Crippen MR) is 64.0 cm³/mol. The van der Waals surface area contributed by atoms with E-state index in [0.29, 0.717) is 6.04 Å². The highest BCUT2D eigenvalue weighted by atomic mass is 16.6. The number of carbonyl (C=O) groups is 1. The lowest BCUT2D eigenvalue weighted by atomic mass is 10.1. The Morgan fingerprint density at radius 1 is 1.24 bits per heavy atom. The van der Waals surface area contributed by atoms with E-state index < -0.39 is 5.60 Å². The fraction of sp³-hybridized carbons (Fsp3) is 0.917. The highest BCUT2D eigenvalue weighted by Crippen LogP contribution is 2.19. The molecular weight excluding hydrogens is 220 g/mol. The van der Waals surface area contributed by atoms with Gasteiger partial charge in [0.2, 0.25) is 0 Å². The van der Waals surface area contributed by atoms with Crippen molar-refractivity contribution in [2.45, 2.75) is 32.4 Å². The molecule has 2 aliphatic heterocycles. The van der Waals surface area contributed by atoms with Gasteiger partial charge in [-0.15, -0.1) is 0 Å². The summed E-state index contributed by atoms with van der Waals surface area (Å²) in [5.41, 5.74) is -0.402. The SMILES string of the molecule is CC(C)(C)OC(=O)N1CC(N2CCOCC2)C1. The van der Waals surface area contributed by atoms with Crippen LogP contribution in [0.3, 0.4) is 0 Å². The summed E-state index contributed by atoms with van der Waals surface area (Å²) in [7, 11) is 0. The summed E-state index contributed by atoms with van der Waals surface area (Å²) >= 11 is 0. The van der Waals surface area contributed by atoms with Crippen molar-refractivity contribution in [2.24, 2.45) is 0 Å². The molecule has 0 aromatic rings. The van der Waals surface area contributed by atoms with Gasteiger partial charge in [0.15, 0.2) is 0 Å². The first-order valence-electron chi connectivity index (χ1n) is 6.25. The number of hydrogen-bond acceptors (Lipinski definition) is 4. The molecule has 98 valence electrons. The van der Waals surface area contributed by atoms with Crippen molar-refractivity contribution >= 4 is 6.09 Å². The van der Waals surface area contributed by atoms with E-state index in [4.69, 9.17) is 9.47 Å². The van der Waals surface area contributed by atoms with E-state index in [2.05, 4.69) is 4.90 Å². The number of hydrogen-bond donors (Lipinski definition) is 0. The standard InChI is InChI=1S/C12H22N2O3/c1-12(2,3)17-11(15)14-8-10(9-14)13-4-6-16-7-5-13/h10H,4-9H2,1-3H3. The molecule has 2 rings (SSSR count). The molecular formula is C12H22N2O3. The molecule has 5 nitrogen and oxygen atoms in total. The molecule has 0 radical (unpaired) electrons. The molecule has 2 aliphatic rings. The minimum absolute atomic E-state index is 0.193. The summed E-state index contributed by atoms with van der Waals surface area (Å²) < 4.78 is 10.6. The van der Waals surface area contributed by atoms with Crippen LogP contribution < -0.4 is 0 Å². The second kappa shape index (κ2) is 4.82. The van der Waals surface area contributed by atoms with Gasteiger partial charge in [0, 0.05) is 32.2 Å². The Morgan fingerprint density at radius 3 is 2.35 bits per heavy atom. The normalized spacial score (nSPS) is 23.4. The fourth-order valence-corrected chi connectivity index (χ4v) is 2.10. The second-order valence-electron chi connectivity index (χ2n) is 5.69. The van der Waals surface area contributed by atoms with Crippen LogP contribution in [0.1, 0.15) is 20.8 Å². The van der Waals surface area contributed by atoms with Gasteiger partial charge in [-0.05, 0) is 20.8 Å². The lowest BCUT2D eigenvalue weighted by molar-refractivity contribution is -0.0432. The zero-order valence-electron chi connectivity index (χ0n) is 10.9. The van der Waals surface area contributed by atoms with Crippen LogP contribution in [0.4, 0.5) is 4.79 Å². The van der Waals surface area contributed by atoms with Gasteiger partial charge >= 0.3 is 6.09 Å². The second-order valence-corrected chi connectivity index (χ2v) is 5.69. The number of nitrogens with zero attached hydrogens (tertiary/aromatic N) is 2.